The molecule has 2 saturated heterocycles. The highest BCUT2D eigenvalue weighted by atomic mass is 35.5. The lowest BCUT2D eigenvalue weighted by Crippen LogP contribution is -2.48. The van der Waals surface area contributed by atoms with Crippen LogP contribution in [0.1, 0.15) is 63.4 Å². The van der Waals surface area contributed by atoms with Crippen molar-refractivity contribution in [3.63, 3.8) is 0 Å². The molecule has 1 atom stereocenters. The molecule has 1 aliphatic carbocycles. The molecule has 0 bridgehead atoms. The number of benzene rings is 1. The number of ether oxygens (including phenoxy) is 1. The molecule has 3 aliphatic rings. The molecule has 1 aromatic carbocycles. The lowest BCUT2D eigenvalue weighted by atomic mass is 9.91. The van der Waals surface area contributed by atoms with Crippen LogP contribution < -0.4 is 4.74 Å². The summed E-state index contributed by atoms with van der Waals surface area (Å²) in [6.45, 7) is 7.00. The number of carboxylic acid groups (broad SMARTS) is 1. The van der Waals surface area contributed by atoms with Crippen molar-refractivity contribution < 1.29 is 14.6 Å². The Morgan fingerprint density at radius 1 is 1.03 bits per heavy atom. The second kappa shape index (κ2) is 11.6. The van der Waals surface area contributed by atoms with Crippen LogP contribution >= 0.6 is 23.2 Å². The standard InChI is InChI=1S/C26H38Cl2N2O3/c1-18-24(7-6-22(27)25(18)28)33-21-10-12-29(13-11-21)17-20-8-14-30(15-9-20)23(26(31)32)16-19-4-2-3-5-19/h6-7,19-21,23H,2-5,8-17H2,1H3,(H,31,32). The third-order valence-corrected chi connectivity index (χ3v) is 8.94. The van der Waals surface area contributed by atoms with Crippen molar-refractivity contribution in [3.8, 4) is 5.75 Å². The van der Waals surface area contributed by atoms with E-state index in [1.54, 1.807) is 6.07 Å². The molecule has 1 aromatic rings. The quantitative estimate of drug-likeness (QED) is 0.486. The largest absolute Gasteiger partial charge is 0.490 e. The Morgan fingerprint density at radius 3 is 2.33 bits per heavy atom. The highest BCUT2D eigenvalue weighted by molar-refractivity contribution is 6.42. The minimum Gasteiger partial charge on any atom is -0.490 e. The molecule has 184 valence electrons. The van der Waals surface area contributed by atoms with Gasteiger partial charge >= 0.3 is 5.97 Å². The van der Waals surface area contributed by atoms with Gasteiger partial charge in [-0.2, -0.15) is 0 Å². The molecule has 2 heterocycles. The maximum absolute atomic E-state index is 11.9. The van der Waals surface area contributed by atoms with Crippen molar-refractivity contribution in [1.29, 1.82) is 0 Å². The summed E-state index contributed by atoms with van der Waals surface area (Å²) in [5, 5.41) is 11.0. The fraction of sp³-hybridized carbons (Fsp3) is 0.731. The van der Waals surface area contributed by atoms with Gasteiger partial charge in [0.05, 0.1) is 10.0 Å². The molecule has 4 rings (SSSR count). The van der Waals surface area contributed by atoms with Crippen LogP contribution in [0.3, 0.4) is 0 Å². The Balaban J connectivity index is 1.19. The maximum atomic E-state index is 11.9. The summed E-state index contributed by atoms with van der Waals surface area (Å²) < 4.78 is 6.25. The Labute approximate surface area is 208 Å². The van der Waals surface area contributed by atoms with E-state index in [4.69, 9.17) is 27.9 Å². The van der Waals surface area contributed by atoms with Gasteiger partial charge in [-0.1, -0.05) is 48.9 Å². The molecule has 7 heteroatoms. The summed E-state index contributed by atoms with van der Waals surface area (Å²) in [5.41, 5.74) is 0.908. The predicted molar refractivity (Wildman–Crippen MR) is 134 cm³/mol. The van der Waals surface area contributed by atoms with Crippen LogP contribution in [0.15, 0.2) is 12.1 Å². The van der Waals surface area contributed by atoms with Gasteiger partial charge in [-0.25, -0.2) is 0 Å². The van der Waals surface area contributed by atoms with Gasteiger partial charge in [0.1, 0.15) is 17.9 Å². The molecular formula is C26H38Cl2N2O3. The summed E-state index contributed by atoms with van der Waals surface area (Å²) in [4.78, 5) is 16.7. The Hall–Kier alpha value is -1.01. The van der Waals surface area contributed by atoms with Crippen LogP contribution in [0.25, 0.3) is 0 Å². The molecule has 0 radical (unpaired) electrons. The zero-order chi connectivity index (χ0) is 23.4. The van der Waals surface area contributed by atoms with E-state index in [9.17, 15) is 9.90 Å². The van der Waals surface area contributed by atoms with Crippen LogP contribution in [-0.2, 0) is 4.79 Å². The van der Waals surface area contributed by atoms with E-state index in [2.05, 4.69) is 9.80 Å². The monoisotopic (exact) mass is 496 g/mol. The SMILES string of the molecule is Cc1c(OC2CCN(CC3CCN(C(CC4CCCC4)C(=O)O)CC3)CC2)ccc(Cl)c1Cl. The van der Waals surface area contributed by atoms with Crippen molar-refractivity contribution in [2.75, 3.05) is 32.7 Å². The highest BCUT2D eigenvalue weighted by Gasteiger charge is 2.33. The Kier molecular flexibility index (Phi) is 8.83. The van der Waals surface area contributed by atoms with Crippen molar-refractivity contribution in [2.24, 2.45) is 11.8 Å². The molecule has 0 amide bonds. The van der Waals surface area contributed by atoms with Gasteiger partial charge in [-0.15, -0.1) is 0 Å². The summed E-state index contributed by atoms with van der Waals surface area (Å²) in [6.07, 6.45) is 10.3. The lowest BCUT2D eigenvalue weighted by molar-refractivity contribution is -0.144. The number of piperidine rings is 2. The summed E-state index contributed by atoms with van der Waals surface area (Å²) in [6, 6.07) is 3.43. The fourth-order valence-corrected chi connectivity index (χ4v) is 6.29. The van der Waals surface area contributed by atoms with E-state index in [0.717, 1.165) is 76.1 Å². The lowest BCUT2D eigenvalue weighted by Gasteiger charge is -2.39. The van der Waals surface area contributed by atoms with E-state index in [-0.39, 0.29) is 12.1 Å². The number of nitrogens with zero attached hydrogens (tertiary/aromatic N) is 2. The van der Waals surface area contributed by atoms with Gasteiger partial charge < -0.3 is 14.7 Å². The van der Waals surface area contributed by atoms with Gasteiger partial charge in [0.15, 0.2) is 0 Å². The van der Waals surface area contributed by atoms with Gasteiger partial charge in [-0.3, -0.25) is 9.69 Å². The summed E-state index contributed by atoms with van der Waals surface area (Å²) >= 11 is 12.4. The van der Waals surface area contributed by atoms with Crippen LogP contribution in [0.2, 0.25) is 10.0 Å². The van der Waals surface area contributed by atoms with E-state index < -0.39 is 5.97 Å². The van der Waals surface area contributed by atoms with Gasteiger partial charge in [0.2, 0.25) is 0 Å². The van der Waals surface area contributed by atoms with Crippen molar-refractivity contribution in [2.45, 2.75) is 76.9 Å². The third kappa shape index (κ3) is 6.56. The normalized spacial score (nSPS) is 23.1. The van der Waals surface area contributed by atoms with E-state index in [1.165, 1.54) is 25.7 Å². The van der Waals surface area contributed by atoms with Crippen molar-refractivity contribution in [1.82, 2.24) is 9.80 Å². The number of hydrogen-bond acceptors (Lipinski definition) is 4. The molecule has 1 N–H and O–H groups in total. The first-order valence-electron chi connectivity index (χ1n) is 12.7. The molecule has 1 saturated carbocycles. The molecule has 33 heavy (non-hydrogen) atoms. The minimum absolute atomic E-state index is 0.214. The predicted octanol–water partition coefficient (Wildman–Crippen LogP) is 5.89. The first kappa shape index (κ1) is 25.1. The minimum atomic E-state index is -0.625. The Bertz CT molecular complexity index is 799. The van der Waals surface area contributed by atoms with E-state index in [1.807, 2.05) is 13.0 Å². The average molecular weight is 498 g/mol. The summed E-state index contributed by atoms with van der Waals surface area (Å²) in [7, 11) is 0. The van der Waals surface area contributed by atoms with E-state index >= 15 is 0 Å². The number of carbonyl (C=O) groups is 1. The number of hydrogen-bond donors (Lipinski definition) is 1. The fourth-order valence-electron chi connectivity index (χ4n) is 5.93. The van der Waals surface area contributed by atoms with Crippen LogP contribution in [0, 0.1) is 18.8 Å². The molecular weight excluding hydrogens is 459 g/mol. The second-order valence-electron chi connectivity index (χ2n) is 10.3. The smallest absolute Gasteiger partial charge is 0.320 e. The van der Waals surface area contributed by atoms with Crippen LogP contribution in [-0.4, -0.2) is 65.7 Å². The molecule has 3 fully saturated rings. The third-order valence-electron chi connectivity index (χ3n) is 8.04. The molecule has 5 nitrogen and oxygen atoms in total. The molecule has 1 unspecified atom stereocenters. The zero-order valence-electron chi connectivity index (χ0n) is 19.8. The van der Waals surface area contributed by atoms with Crippen LogP contribution in [0.4, 0.5) is 0 Å². The zero-order valence-corrected chi connectivity index (χ0v) is 21.3. The Morgan fingerprint density at radius 2 is 1.70 bits per heavy atom. The van der Waals surface area contributed by atoms with Gasteiger partial charge in [0.25, 0.3) is 0 Å². The van der Waals surface area contributed by atoms with Gasteiger partial charge in [-0.05, 0) is 76.1 Å². The number of halogens is 2. The number of carboxylic acids is 1. The first-order valence-corrected chi connectivity index (χ1v) is 13.5. The number of rotatable bonds is 8. The van der Waals surface area contributed by atoms with Crippen molar-refractivity contribution >= 4 is 29.2 Å². The first-order chi connectivity index (χ1) is 15.9. The van der Waals surface area contributed by atoms with E-state index in [0.29, 0.717) is 21.9 Å². The van der Waals surface area contributed by atoms with Crippen molar-refractivity contribution in [3.05, 3.63) is 27.7 Å². The number of likely N-dealkylation sites (tertiary alicyclic amines) is 2. The molecule has 0 spiro atoms. The van der Waals surface area contributed by atoms with Crippen LogP contribution in [0.5, 0.6) is 5.75 Å². The molecule has 2 aliphatic heterocycles. The molecule has 0 aromatic heterocycles. The second-order valence-corrected chi connectivity index (χ2v) is 11.1. The average Bonchev–Trinajstić information content (AvgIpc) is 3.33. The maximum Gasteiger partial charge on any atom is 0.320 e. The number of aliphatic carboxylic acids is 1. The summed E-state index contributed by atoms with van der Waals surface area (Å²) in [5.74, 6) is 1.48. The topological polar surface area (TPSA) is 53.0 Å². The van der Waals surface area contributed by atoms with Gasteiger partial charge in [0, 0.05) is 25.2 Å². The highest BCUT2D eigenvalue weighted by Crippen LogP contribution is 2.34.